The number of rotatable bonds is 10. The van der Waals surface area contributed by atoms with Crippen molar-refractivity contribution in [3.05, 3.63) is 78.0 Å². The van der Waals surface area contributed by atoms with Gasteiger partial charge in [0.25, 0.3) is 5.91 Å². The maximum absolute atomic E-state index is 15.1. The molecule has 38 heavy (non-hydrogen) atoms. The number of benzene rings is 1. The summed E-state index contributed by atoms with van der Waals surface area (Å²) in [6.07, 6.45) is 3.25. The summed E-state index contributed by atoms with van der Waals surface area (Å²) in [5, 5.41) is 25.2. The molecular formula is C24H24FN9O4. The Morgan fingerprint density at radius 2 is 1.95 bits per heavy atom. The van der Waals surface area contributed by atoms with Crippen LogP contribution in [0.5, 0.6) is 5.88 Å². The fraction of sp³-hybridized carbons (Fsp3) is 0.167. The molecule has 6 N–H and O–H groups in total. The number of carboxylic acid groups (broad SMARTS) is 1. The highest BCUT2D eigenvalue weighted by atomic mass is 19.1. The molecule has 4 aromatic rings. The zero-order valence-corrected chi connectivity index (χ0v) is 20.3. The van der Waals surface area contributed by atoms with Crippen molar-refractivity contribution in [1.29, 1.82) is 0 Å². The van der Waals surface area contributed by atoms with Gasteiger partial charge in [-0.15, -0.1) is 5.10 Å². The molecule has 2 amide bonds. The lowest BCUT2D eigenvalue weighted by atomic mass is 10.0. The summed E-state index contributed by atoms with van der Waals surface area (Å²) in [5.74, 6) is -1.80. The highest BCUT2D eigenvalue weighted by molar-refractivity contribution is 5.98. The minimum absolute atomic E-state index is 0.0523. The predicted molar refractivity (Wildman–Crippen MR) is 135 cm³/mol. The number of carbonyl (C=O) groups is 2. The minimum Gasteiger partial charge on any atom is -0.479 e. The molecule has 0 fully saturated rings. The molecule has 3 aromatic heterocycles. The lowest BCUT2D eigenvalue weighted by molar-refractivity contribution is 0.1000. The van der Waals surface area contributed by atoms with Crippen LogP contribution in [0.1, 0.15) is 28.9 Å². The van der Waals surface area contributed by atoms with E-state index < -0.39 is 29.9 Å². The molecule has 0 aliphatic heterocycles. The van der Waals surface area contributed by atoms with Gasteiger partial charge >= 0.3 is 6.09 Å². The first-order chi connectivity index (χ1) is 18.3. The van der Waals surface area contributed by atoms with Crippen molar-refractivity contribution >= 4 is 29.3 Å². The number of nitrogens with one attached hydrogen (secondary N) is 3. The van der Waals surface area contributed by atoms with Crippen LogP contribution in [0.2, 0.25) is 0 Å². The molecule has 0 radical (unpaired) electrons. The summed E-state index contributed by atoms with van der Waals surface area (Å²) in [5.41, 5.74) is 6.77. The summed E-state index contributed by atoms with van der Waals surface area (Å²) in [4.78, 5) is 31.9. The van der Waals surface area contributed by atoms with Crippen LogP contribution in [0.3, 0.4) is 0 Å². The molecule has 3 heterocycles. The van der Waals surface area contributed by atoms with Crippen LogP contribution in [-0.4, -0.2) is 55.2 Å². The molecule has 0 saturated carbocycles. The van der Waals surface area contributed by atoms with Gasteiger partial charge in [-0.05, 0) is 24.6 Å². The zero-order chi connectivity index (χ0) is 27.2. The number of ether oxygens (including phenoxy) is 1. The third-order valence-electron chi connectivity index (χ3n) is 5.50. The summed E-state index contributed by atoms with van der Waals surface area (Å²) in [6.45, 7) is 1.63. The summed E-state index contributed by atoms with van der Waals surface area (Å²) in [7, 11) is 1.45. The summed E-state index contributed by atoms with van der Waals surface area (Å²) in [6, 6.07) is 10.1. The molecule has 196 valence electrons. The van der Waals surface area contributed by atoms with E-state index in [0.717, 1.165) is 6.07 Å². The van der Waals surface area contributed by atoms with Crippen LogP contribution >= 0.6 is 0 Å². The second-order valence-electron chi connectivity index (χ2n) is 8.08. The van der Waals surface area contributed by atoms with E-state index in [2.05, 4.69) is 36.2 Å². The van der Waals surface area contributed by atoms with Crippen LogP contribution in [0.25, 0.3) is 5.69 Å². The monoisotopic (exact) mass is 521 g/mol. The van der Waals surface area contributed by atoms with E-state index in [1.165, 1.54) is 24.2 Å². The van der Waals surface area contributed by atoms with Crippen LogP contribution < -0.4 is 26.4 Å². The van der Waals surface area contributed by atoms with Gasteiger partial charge in [0, 0.05) is 0 Å². The molecule has 0 unspecified atom stereocenters. The second-order valence-corrected chi connectivity index (χ2v) is 8.08. The van der Waals surface area contributed by atoms with Gasteiger partial charge in [0.15, 0.2) is 11.6 Å². The van der Waals surface area contributed by atoms with Crippen molar-refractivity contribution in [2.24, 2.45) is 5.73 Å². The van der Waals surface area contributed by atoms with E-state index in [-0.39, 0.29) is 23.1 Å². The number of nitrogens with zero attached hydrogens (tertiary/aromatic N) is 5. The molecule has 2 atom stereocenters. The number of nitrogens with two attached hydrogens (primary N) is 1. The number of primary amides is 1. The predicted octanol–water partition coefficient (Wildman–Crippen LogP) is 2.86. The third-order valence-corrected chi connectivity index (χ3v) is 5.50. The fourth-order valence-corrected chi connectivity index (χ4v) is 3.76. The first kappa shape index (κ1) is 25.8. The maximum Gasteiger partial charge on any atom is 0.404 e. The standard InChI is InChI=1S/C24H24FN9O4/c1-13(29-24(36)37)19(14-6-4-3-5-7-14)31-22-17(25)11-16(20(26)35)21(32-22)30-15-10-18(23(38-2)27-12-15)34-9-8-28-33-34/h3-13,19,29H,1-2H3,(H2,26,35)(H,36,37)(H2,30,31,32)/t13-,19+/m0/s1. The lowest BCUT2D eigenvalue weighted by Gasteiger charge is -2.26. The molecule has 0 aliphatic rings. The molecule has 0 saturated heterocycles. The SMILES string of the molecule is COc1ncc(Nc2nc(N[C@@H](c3ccccc3)[C@H](C)NC(=O)O)c(F)cc2C(N)=O)cc1-n1ccnn1. The van der Waals surface area contributed by atoms with Gasteiger partial charge in [-0.1, -0.05) is 35.5 Å². The smallest absolute Gasteiger partial charge is 0.404 e. The highest BCUT2D eigenvalue weighted by Gasteiger charge is 2.24. The van der Waals surface area contributed by atoms with Crippen LogP contribution in [-0.2, 0) is 0 Å². The molecule has 0 spiro atoms. The average molecular weight is 522 g/mol. The van der Waals surface area contributed by atoms with E-state index in [9.17, 15) is 14.7 Å². The number of amides is 2. The number of hydrogen-bond acceptors (Lipinski definition) is 9. The number of aromatic nitrogens is 5. The third kappa shape index (κ3) is 5.75. The Morgan fingerprint density at radius 1 is 1.18 bits per heavy atom. The summed E-state index contributed by atoms with van der Waals surface area (Å²) < 4.78 is 21.8. The van der Waals surface area contributed by atoms with Gasteiger partial charge in [-0.2, -0.15) is 0 Å². The van der Waals surface area contributed by atoms with Crippen molar-refractivity contribution in [2.45, 2.75) is 19.0 Å². The molecule has 13 nitrogen and oxygen atoms in total. The van der Waals surface area contributed by atoms with Crippen molar-refractivity contribution in [3.63, 3.8) is 0 Å². The molecule has 0 bridgehead atoms. The Labute approximate surface area is 215 Å². The number of halogens is 1. The van der Waals surface area contributed by atoms with Crippen molar-refractivity contribution < 1.29 is 23.8 Å². The molecule has 4 rings (SSSR count). The zero-order valence-electron chi connectivity index (χ0n) is 20.3. The number of anilines is 3. The van der Waals surface area contributed by atoms with Gasteiger partial charge in [-0.25, -0.2) is 23.8 Å². The maximum atomic E-state index is 15.1. The Bertz CT molecular complexity index is 1430. The Morgan fingerprint density at radius 3 is 2.58 bits per heavy atom. The molecule has 14 heteroatoms. The number of hydrogen-bond donors (Lipinski definition) is 5. The van der Waals surface area contributed by atoms with Gasteiger partial charge in [-0.3, -0.25) is 4.79 Å². The average Bonchev–Trinajstić information content (AvgIpc) is 3.43. The van der Waals surface area contributed by atoms with E-state index in [4.69, 9.17) is 10.5 Å². The van der Waals surface area contributed by atoms with E-state index in [1.54, 1.807) is 49.5 Å². The summed E-state index contributed by atoms with van der Waals surface area (Å²) >= 11 is 0. The van der Waals surface area contributed by atoms with E-state index in [1.807, 2.05) is 0 Å². The van der Waals surface area contributed by atoms with Gasteiger partial charge in [0.05, 0.1) is 49.0 Å². The lowest BCUT2D eigenvalue weighted by Crippen LogP contribution is -2.39. The highest BCUT2D eigenvalue weighted by Crippen LogP contribution is 2.29. The Balaban J connectivity index is 1.72. The first-order valence-corrected chi connectivity index (χ1v) is 11.3. The van der Waals surface area contributed by atoms with E-state index >= 15 is 4.39 Å². The Hall–Kier alpha value is -5.27. The molecule has 1 aromatic carbocycles. The molecular weight excluding hydrogens is 497 g/mol. The van der Waals surface area contributed by atoms with E-state index in [0.29, 0.717) is 16.9 Å². The number of pyridine rings is 2. The fourth-order valence-electron chi connectivity index (χ4n) is 3.76. The number of carbonyl (C=O) groups excluding carboxylic acids is 1. The Kier molecular flexibility index (Phi) is 7.61. The van der Waals surface area contributed by atoms with Crippen molar-refractivity contribution in [2.75, 3.05) is 17.7 Å². The quantitative estimate of drug-likeness (QED) is 0.208. The largest absolute Gasteiger partial charge is 0.479 e. The normalized spacial score (nSPS) is 12.3. The van der Waals surface area contributed by atoms with Crippen LogP contribution in [0, 0.1) is 5.82 Å². The minimum atomic E-state index is -1.24. The number of methoxy groups -OCH3 is 1. The topological polar surface area (TPSA) is 182 Å². The van der Waals surface area contributed by atoms with Gasteiger partial charge in [0.2, 0.25) is 5.88 Å². The molecule has 0 aliphatic carbocycles. The van der Waals surface area contributed by atoms with Crippen LogP contribution in [0.4, 0.5) is 26.5 Å². The van der Waals surface area contributed by atoms with Gasteiger partial charge in [0.1, 0.15) is 11.5 Å². The van der Waals surface area contributed by atoms with Crippen molar-refractivity contribution in [3.8, 4) is 11.6 Å². The van der Waals surface area contributed by atoms with Crippen molar-refractivity contribution in [1.82, 2.24) is 30.3 Å². The second kappa shape index (κ2) is 11.2. The first-order valence-electron chi connectivity index (χ1n) is 11.3. The van der Waals surface area contributed by atoms with Crippen LogP contribution in [0.15, 0.2) is 61.1 Å². The van der Waals surface area contributed by atoms with Gasteiger partial charge < -0.3 is 31.5 Å².